The van der Waals surface area contributed by atoms with Crippen LogP contribution in [0.25, 0.3) is 0 Å². The first kappa shape index (κ1) is 32.5. The average Bonchev–Trinajstić information content (AvgIpc) is 3.48. The van der Waals surface area contributed by atoms with E-state index in [1.54, 1.807) is 80.4 Å². The van der Waals surface area contributed by atoms with Gasteiger partial charge in [0.05, 0.1) is 18.9 Å². The number of nitrogens with two attached hydrogens (primary N) is 1. The first-order valence-corrected chi connectivity index (χ1v) is 15.2. The van der Waals surface area contributed by atoms with Gasteiger partial charge in [-0.25, -0.2) is 9.59 Å². The standard InChI is InChI=1S/C33H40N6O7/c1-33(2,3)46-31(41)29-24(34)6-4-7-25(29)37-30(40)26-10-8-22(19-35-26)20-39(13-5-12-38-14-16-43-17-15-38)32(42)36-23-9-11-27-28(18-23)45-21-44-27/h4,6-11,18-19H,5,12-17,20-21,34H2,1-3H3,(H,36,42)(H,37,40). The van der Waals surface area contributed by atoms with Crippen molar-refractivity contribution in [2.45, 2.75) is 39.3 Å². The summed E-state index contributed by atoms with van der Waals surface area (Å²) in [6, 6.07) is 13.1. The molecule has 0 saturated carbocycles. The molecule has 2 aromatic carbocycles. The van der Waals surface area contributed by atoms with Crippen molar-refractivity contribution in [1.29, 1.82) is 0 Å². The number of hydrogen-bond acceptors (Lipinski definition) is 10. The third kappa shape index (κ3) is 8.64. The molecule has 0 aliphatic carbocycles. The van der Waals surface area contributed by atoms with Crippen LogP contribution in [0.2, 0.25) is 0 Å². The first-order chi connectivity index (χ1) is 22.1. The van der Waals surface area contributed by atoms with E-state index in [0.717, 1.165) is 31.6 Å². The maximum absolute atomic E-state index is 13.5. The van der Waals surface area contributed by atoms with Gasteiger partial charge in [-0.2, -0.15) is 0 Å². The molecule has 4 N–H and O–H groups in total. The first-order valence-electron chi connectivity index (χ1n) is 15.2. The van der Waals surface area contributed by atoms with E-state index >= 15 is 0 Å². The highest BCUT2D eigenvalue weighted by molar-refractivity contribution is 6.09. The Balaban J connectivity index is 1.26. The van der Waals surface area contributed by atoms with E-state index in [2.05, 4.69) is 20.5 Å². The van der Waals surface area contributed by atoms with Crippen molar-refractivity contribution >= 4 is 35.0 Å². The molecule has 3 heterocycles. The van der Waals surface area contributed by atoms with Crippen LogP contribution in [0.15, 0.2) is 54.7 Å². The van der Waals surface area contributed by atoms with Crippen LogP contribution in [0.4, 0.5) is 21.9 Å². The number of nitrogen functional groups attached to an aromatic ring is 1. The van der Waals surface area contributed by atoms with E-state index < -0.39 is 17.5 Å². The van der Waals surface area contributed by atoms with E-state index in [9.17, 15) is 14.4 Å². The van der Waals surface area contributed by atoms with Crippen LogP contribution < -0.4 is 25.8 Å². The molecule has 0 atom stereocenters. The van der Waals surface area contributed by atoms with Gasteiger partial charge in [0.25, 0.3) is 5.91 Å². The average molecular weight is 633 g/mol. The summed E-state index contributed by atoms with van der Waals surface area (Å²) in [6.45, 7) is 10.2. The van der Waals surface area contributed by atoms with Crippen molar-refractivity contribution in [2.24, 2.45) is 0 Å². The van der Waals surface area contributed by atoms with Gasteiger partial charge in [0, 0.05) is 56.4 Å². The lowest BCUT2D eigenvalue weighted by Crippen LogP contribution is -2.40. The Bertz CT molecular complexity index is 1550. The van der Waals surface area contributed by atoms with Crippen molar-refractivity contribution in [3.63, 3.8) is 0 Å². The highest BCUT2D eigenvalue weighted by atomic mass is 16.7. The molecule has 0 bridgehead atoms. The molecule has 2 aliphatic rings. The Hall–Kier alpha value is -4.88. The van der Waals surface area contributed by atoms with Gasteiger partial charge in [-0.05, 0) is 63.1 Å². The van der Waals surface area contributed by atoms with E-state index in [-0.39, 0.29) is 42.0 Å². The van der Waals surface area contributed by atoms with Gasteiger partial charge >= 0.3 is 12.0 Å². The molecule has 1 aromatic heterocycles. The SMILES string of the molecule is CC(C)(C)OC(=O)c1c(N)cccc1NC(=O)c1ccc(CN(CCCN2CCOCC2)C(=O)Nc2ccc3c(c2)OCO3)cn1. The van der Waals surface area contributed by atoms with Crippen LogP contribution in [-0.4, -0.2) is 84.5 Å². The molecule has 1 saturated heterocycles. The number of amides is 3. The van der Waals surface area contributed by atoms with Gasteiger partial charge in [-0.3, -0.25) is 14.7 Å². The molecule has 2 aliphatic heterocycles. The Morgan fingerprint density at radius 1 is 1.02 bits per heavy atom. The number of urea groups is 1. The van der Waals surface area contributed by atoms with E-state index in [1.807, 2.05) is 0 Å². The predicted octanol–water partition coefficient (Wildman–Crippen LogP) is 4.36. The number of benzene rings is 2. The third-order valence-corrected chi connectivity index (χ3v) is 7.30. The molecule has 244 valence electrons. The van der Waals surface area contributed by atoms with Gasteiger partial charge in [0.2, 0.25) is 6.79 Å². The number of aromatic nitrogens is 1. The molecule has 13 nitrogen and oxygen atoms in total. The smallest absolute Gasteiger partial charge is 0.342 e. The fraction of sp³-hybridized carbons (Fsp3) is 0.394. The van der Waals surface area contributed by atoms with E-state index in [0.29, 0.717) is 36.9 Å². The number of rotatable bonds is 10. The predicted molar refractivity (Wildman–Crippen MR) is 172 cm³/mol. The van der Waals surface area contributed by atoms with Crippen LogP contribution >= 0.6 is 0 Å². The van der Waals surface area contributed by atoms with Crippen LogP contribution in [0.1, 0.15) is 53.6 Å². The fourth-order valence-electron chi connectivity index (χ4n) is 5.03. The lowest BCUT2D eigenvalue weighted by Gasteiger charge is -2.28. The number of pyridine rings is 1. The zero-order valence-corrected chi connectivity index (χ0v) is 26.3. The second-order valence-corrected chi connectivity index (χ2v) is 12.0. The second kappa shape index (κ2) is 14.5. The monoisotopic (exact) mass is 632 g/mol. The number of morpholine rings is 1. The number of nitrogens with zero attached hydrogens (tertiary/aromatic N) is 3. The lowest BCUT2D eigenvalue weighted by atomic mass is 10.1. The summed E-state index contributed by atoms with van der Waals surface area (Å²) in [6.07, 6.45) is 2.33. The van der Waals surface area contributed by atoms with Gasteiger partial charge in [-0.1, -0.05) is 12.1 Å². The summed E-state index contributed by atoms with van der Waals surface area (Å²) in [4.78, 5) is 47.8. The number of nitrogens with one attached hydrogen (secondary N) is 2. The van der Waals surface area contributed by atoms with Crippen LogP contribution in [0.3, 0.4) is 0 Å². The Morgan fingerprint density at radius 2 is 1.80 bits per heavy atom. The number of ether oxygens (including phenoxy) is 4. The van der Waals surface area contributed by atoms with Crippen LogP contribution in [0.5, 0.6) is 11.5 Å². The minimum Gasteiger partial charge on any atom is -0.456 e. The number of carbonyl (C=O) groups excluding carboxylic acids is 3. The summed E-state index contributed by atoms with van der Waals surface area (Å²) in [5, 5.41) is 5.68. The normalized spacial score (nSPS) is 14.4. The Labute approximate surface area is 267 Å². The molecule has 46 heavy (non-hydrogen) atoms. The van der Waals surface area contributed by atoms with Gasteiger partial charge in [0.15, 0.2) is 11.5 Å². The quantitative estimate of drug-likeness (QED) is 0.217. The molecule has 0 spiro atoms. The number of anilines is 3. The van der Waals surface area contributed by atoms with Crippen molar-refractivity contribution in [1.82, 2.24) is 14.8 Å². The fourth-order valence-corrected chi connectivity index (χ4v) is 5.03. The summed E-state index contributed by atoms with van der Waals surface area (Å²) in [7, 11) is 0. The summed E-state index contributed by atoms with van der Waals surface area (Å²) < 4.78 is 21.7. The molecular weight excluding hydrogens is 592 g/mol. The second-order valence-electron chi connectivity index (χ2n) is 12.0. The molecule has 0 radical (unpaired) electrons. The van der Waals surface area contributed by atoms with Crippen molar-refractivity contribution in [3.05, 3.63) is 71.5 Å². The van der Waals surface area contributed by atoms with E-state index in [1.165, 1.54) is 0 Å². The topological polar surface area (TPSA) is 158 Å². The van der Waals surface area contributed by atoms with Crippen LogP contribution in [-0.2, 0) is 16.0 Å². The van der Waals surface area contributed by atoms with Crippen molar-refractivity contribution < 1.29 is 33.3 Å². The maximum Gasteiger partial charge on any atom is 0.342 e. The molecule has 13 heteroatoms. The molecule has 3 aromatic rings. The van der Waals surface area contributed by atoms with Gasteiger partial charge in [0.1, 0.15) is 16.9 Å². The Morgan fingerprint density at radius 3 is 2.54 bits per heavy atom. The van der Waals surface area contributed by atoms with Crippen LogP contribution in [0, 0.1) is 0 Å². The number of fused-ring (bicyclic) bond motifs is 1. The van der Waals surface area contributed by atoms with Gasteiger partial charge in [-0.15, -0.1) is 0 Å². The highest BCUT2D eigenvalue weighted by Crippen LogP contribution is 2.34. The zero-order valence-electron chi connectivity index (χ0n) is 26.3. The third-order valence-electron chi connectivity index (χ3n) is 7.30. The molecule has 3 amide bonds. The number of esters is 1. The maximum atomic E-state index is 13.5. The Kier molecular flexibility index (Phi) is 10.2. The van der Waals surface area contributed by atoms with Crippen molar-refractivity contribution in [3.8, 4) is 11.5 Å². The minimum atomic E-state index is -0.740. The van der Waals surface area contributed by atoms with E-state index in [4.69, 9.17) is 24.7 Å². The summed E-state index contributed by atoms with van der Waals surface area (Å²) in [5.41, 5.74) is 7.26. The zero-order chi connectivity index (χ0) is 32.7. The molecular formula is C33H40N6O7. The lowest BCUT2D eigenvalue weighted by molar-refractivity contribution is 0.00719. The van der Waals surface area contributed by atoms with Gasteiger partial charge < -0.3 is 40.2 Å². The minimum absolute atomic E-state index is 0.0728. The summed E-state index contributed by atoms with van der Waals surface area (Å²) in [5.74, 6) is 0.0420. The molecule has 0 unspecified atom stereocenters. The highest BCUT2D eigenvalue weighted by Gasteiger charge is 2.24. The summed E-state index contributed by atoms with van der Waals surface area (Å²) >= 11 is 0. The largest absolute Gasteiger partial charge is 0.456 e. The number of hydrogen-bond donors (Lipinski definition) is 3. The molecule has 1 fully saturated rings. The number of carbonyl (C=O) groups is 3. The molecule has 5 rings (SSSR count). The van der Waals surface area contributed by atoms with Crippen molar-refractivity contribution in [2.75, 3.05) is 62.6 Å².